The Balaban J connectivity index is -0.000000169. The van der Waals surface area contributed by atoms with Crippen molar-refractivity contribution < 1.29 is 14.3 Å². The third-order valence-electron chi connectivity index (χ3n) is 2.97. The van der Waals surface area contributed by atoms with Crippen LogP contribution in [0.4, 0.5) is 0 Å². The summed E-state index contributed by atoms with van der Waals surface area (Å²) in [5, 5.41) is 0. The predicted octanol–water partition coefficient (Wildman–Crippen LogP) is 4.66. The van der Waals surface area contributed by atoms with Crippen LogP contribution in [0.2, 0.25) is 0 Å². The van der Waals surface area contributed by atoms with Gasteiger partial charge in [-0.3, -0.25) is 9.59 Å². The molecule has 0 saturated heterocycles. The zero-order valence-corrected chi connectivity index (χ0v) is 18.8. The van der Waals surface area contributed by atoms with Crippen molar-refractivity contribution in [3.8, 4) is 0 Å². The number of carbonyl (C=O) groups is 2. The van der Waals surface area contributed by atoms with Gasteiger partial charge in [0.1, 0.15) is 11.5 Å². The van der Waals surface area contributed by atoms with Crippen LogP contribution in [0.15, 0.2) is 48.8 Å². The van der Waals surface area contributed by atoms with Gasteiger partial charge in [-0.1, -0.05) is 59.1 Å². The molecule has 5 heteroatoms. The standard InChI is InChI=1S/C11H14O2.C8H17NO.C2H6.CH5N/c1-5-8-11(13-9(4)12)10(6-2)7-3;1-4-9(5-2)7-6-8(3)10;2*1-2/h5-8H,2-3H2,1,4H3;4-7H2,1-3H3;1-2H3;2H2,1H3/b8-5-;;;. The number of nitrogens with zero attached hydrogens (tertiary/aromatic N) is 1. The van der Waals surface area contributed by atoms with Gasteiger partial charge >= 0.3 is 5.97 Å². The van der Waals surface area contributed by atoms with Crippen LogP contribution in [0.5, 0.6) is 0 Å². The van der Waals surface area contributed by atoms with Crippen molar-refractivity contribution in [2.45, 2.75) is 54.9 Å². The van der Waals surface area contributed by atoms with E-state index in [2.05, 4.69) is 37.6 Å². The molecule has 0 aliphatic heterocycles. The van der Waals surface area contributed by atoms with Crippen molar-refractivity contribution in [1.82, 2.24) is 4.90 Å². The summed E-state index contributed by atoms with van der Waals surface area (Å²) in [5.74, 6) is 0.404. The molecule has 0 radical (unpaired) electrons. The molecule has 0 bridgehead atoms. The van der Waals surface area contributed by atoms with Crippen LogP contribution in [0, 0.1) is 0 Å². The lowest BCUT2D eigenvalue weighted by Crippen LogP contribution is -2.25. The molecule has 0 aliphatic carbocycles. The van der Waals surface area contributed by atoms with Crippen LogP contribution < -0.4 is 5.73 Å². The first-order valence-corrected chi connectivity index (χ1v) is 9.45. The molecule has 0 aromatic rings. The topological polar surface area (TPSA) is 72.6 Å². The van der Waals surface area contributed by atoms with E-state index in [9.17, 15) is 9.59 Å². The second-order valence-corrected chi connectivity index (χ2v) is 4.80. The average molecular weight is 383 g/mol. The molecule has 0 aromatic carbocycles. The Morgan fingerprint density at radius 2 is 1.48 bits per heavy atom. The van der Waals surface area contributed by atoms with Crippen LogP contribution in [-0.4, -0.2) is 43.3 Å². The van der Waals surface area contributed by atoms with Gasteiger partial charge in [0.2, 0.25) is 0 Å². The highest BCUT2D eigenvalue weighted by Crippen LogP contribution is 2.10. The van der Waals surface area contributed by atoms with Crippen LogP contribution in [-0.2, 0) is 14.3 Å². The van der Waals surface area contributed by atoms with E-state index < -0.39 is 0 Å². The summed E-state index contributed by atoms with van der Waals surface area (Å²) in [7, 11) is 1.50. The maximum absolute atomic E-state index is 10.7. The first-order chi connectivity index (χ1) is 12.9. The van der Waals surface area contributed by atoms with Crippen molar-refractivity contribution in [1.29, 1.82) is 0 Å². The molecule has 27 heavy (non-hydrogen) atoms. The van der Waals surface area contributed by atoms with Crippen LogP contribution in [0.3, 0.4) is 0 Å². The number of esters is 1. The molecule has 0 amide bonds. The fourth-order valence-corrected chi connectivity index (χ4v) is 1.64. The van der Waals surface area contributed by atoms with Gasteiger partial charge < -0.3 is 15.4 Å². The maximum Gasteiger partial charge on any atom is 0.308 e. The largest absolute Gasteiger partial charge is 0.426 e. The Kier molecular flexibility index (Phi) is 31.8. The summed E-state index contributed by atoms with van der Waals surface area (Å²) in [6, 6.07) is 0. The zero-order valence-electron chi connectivity index (χ0n) is 18.8. The number of hydrogen-bond donors (Lipinski definition) is 1. The number of hydrogen-bond acceptors (Lipinski definition) is 5. The molecule has 0 fully saturated rings. The molecule has 0 atom stereocenters. The average Bonchev–Trinajstić information content (AvgIpc) is 2.67. The predicted molar refractivity (Wildman–Crippen MR) is 119 cm³/mol. The number of ether oxygens (including phenoxy) is 1. The van der Waals surface area contributed by atoms with Gasteiger partial charge in [0.15, 0.2) is 0 Å². The van der Waals surface area contributed by atoms with Gasteiger partial charge in [-0.05, 0) is 40.1 Å². The molecule has 0 aromatic heterocycles. The molecule has 0 saturated carbocycles. The first kappa shape index (κ1) is 32.7. The van der Waals surface area contributed by atoms with Gasteiger partial charge in [-0.2, -0.15) is 0 Å². The van der Waals surface area contributed by atoms with E-state index >= 15 is 0 Å². The summed E-state index contributed by atoms with van der Waals surface area (Å²) in [5.41, 5.74) is 5.20. The van der Waals surface area contributed by atoms with Crippen molar-refractivity contribution in [2.75, 3.05) is 26.7 Å². The lowest BCUT2D eigenvalue weighted by molar-refractivity contribution is -0.136. The van der Waals surface area contributed by atoms with E-state index in [0.29, 0.717) is 17.8 Å². The van der Waals surface area contributed by atoms with E-state index in [4.69, 9.17) is 4.74 Å². The number of allylic oxidation sites excluding steroid dienone is 5. The third-order valence-corrected chi connectivity index (χ3v) is 2.97. The van der Waals surface area contributed by atoms with Crippen LogP contribution >= 0.6 is 0 Å². The fraction of sp³-hybridized carbons (Fsp3) is 0.545. The van der Waals surface area contributed by atoms with E-state index in [1.807, 2.05) is 20.8 Å². The molecular weight excluding hydrogens is 340 g/mol. The normalized spacial score (nSPS) is 8.81. The van der Waals surface area contributed by atoms with Gasteiger partial charge in [0.05, 0.1) is 0 Å². The highest BCUT2D eigenvalue weighted by atomic mass is 16.5. The Labute approximate surface area is 167 Å². The van der Waals surface area contributed by atoms with E-state index in [1.165, 1.54) is 14.0 Å². The fourth-order valence-electron chi connectivity index (χ4n) is 1.64. The summed E-state index contributed by atoms with van der Waals surface area (Å²) in [4.78, 5) is 23.5. The minimum atomic E-state index is -0.352. The maximum atomic E-state index is 10.7. The number of Topliss-reactive ketones (excluding diaryl/α,β-unsaturated/α-hetero) is 1. The number of nitrogens with two attached hydrogens (primary N) is 1. The summed E-state index contributed by atoms with van der Waals surface area (Å²) < 4.78 is 4.95. The molecule has 0 heterocycles. The molecule has 0 aliphatic rings. The second-order valence-electron chi connectivity index (χ2n) is 4.80. The molecule has 0 spiro atoms. The van der Waals surface area contributed by atoms with Crippen molar-refractivity contribution in [3.05, 3.63) is 48.8 Å². The van der Waals surface area contributed by atoms with Gasteiger partial charge in [-0.25, -0.2) is 0 Å². The Morgan fingerprint density at radius 1 is 1.04 bits per heavy atom. The van der Waals surface area contributed by atoms with Gasteiger partial charge in [-0.15, -0.1) is 0 Å². The van der Waals surface area contributed by atoms with E-state index in [0.717, 1.165) is 19.6 Å². The van der Waals surface area contributed by atoms with Crippen molar-refractivity contribution in [3.63, 3.8) is 0 Å². The van der Waals surface area contributed by atoms with Crippen molar-refractivity contribution >= 4 is 11.8 Å². The lowest BCUT2D eigenvalue weighted by Gasteiger charge is -2.16. The second kappa shape index (κ2) is 26.3. The number of rotatable bonds is 9. The molecular formula is C22H42N2O3. The highest BCUT2D eigenvalue weighted by Gasteiger charge is 2.01. The summed E-state index contributed by atoms with van der Waals surface area (Å²) in [6.07, 6.45) is 7.35. The minimum absolute atomic E-state index is 0.284. The highest BCUT2D eigenvalue weighted by molar-refractivity contribution is 5.75. The van der Waals surface area contributed by atoms with Crippen LogP contribution in [0.1, 0.15) is 54.9 Å². The quantitative estimate of drug-likeness (QED) is 0.357. The molecule has 0 rings (SSSR count). The first-order valence-electron chi connectivity index (χ1n) is 9.45. The Hall–Kier alpha value is -1.98. The molecule has 2 N–H and O–H groups in total. The number of ketones is 1. The molecule has 158 valence electrons. The SMILES string of the molecule is C=CC(C=C)=C(/C=C\C)OC(C)=O.CC.CCN(CC)CCC(C)=O.CN. The Morgan fingerprint density at radius 3 is 1.74 bits per heavy atom. The van der Waals surface area contributed by atoms with E-state index in [-0.39, 0.29) is 11.8 Å². The van der Waals surface area contributed by atoms with Gasteiger partial charge in [0.25, 0.3) is 0 Å². The smallest absolute Gasteiger partial charge is 0.308 e. The lowest BCUT2D eigenvalue weighted by atomic mass is 10.2. The minimum Gasteiger partial charge on any atom is -0.426 e. The third kappa shape index (κ3) is 24.0. The zero-order chi connectivity index (χ0) is 22.3. The molecule has 5 nitrogen and oxygen atoms in total. The number of carbonyl (C=O) groups excluding carboxylic acids is 2. The van der Waals surface area contributed by atoms with Crippen LogP contribution in [0.25, 0.3) is 0 Å². The monoisotopic (exact) mass is 382 g/mol. The van der Waals surface area contributed by atoms with Gasteiger partial charge in [0, 0.05) is 25.5 Å². The Bertz CT molecular complexity index is 438. The molecule has 0 unspecified atom stereocenters. The van der Waals surface area contributed by atoms with E-state index in [1.54, 1.807) is 31.2 Å². The summed E-state index contributed by atoms with van der Waals surface area (Å²) in [6.45, 7) is 23.3. The summed E-state index contributed by atoms with van der Waals surface area (Å²) >= 11 is 0. The van der Waals surface area contributed by atoms with Crippen molar-refractivity contribution in [2.24, 2.45) is 5.73 Å².